The first-order valence-electron chi connectivity index (χ1n) is 4.44. The number of hydrogen-bond donors (Lipinski definition) is 0. The molecule has 15 heavy (non-hydrogen) atoms. The lowest BCUT2D eigenvalue weighted by Gasteiger charge is -2.20. The fourth-order valence-electron chi connectivity index (χ4n) is 0.931. The maximum atomic E-state index is 11.0. The first-order chi connectivity index (χ1) is 6.98. The van der Waals surface area contributed by atoms with Crippen LogP contribution < -0.4 is 0 Å². The number of aromatic nitrogens is 2. The molecule has 0 atom stereocenters. The lowest BCUT2D eigenvalue weighted by atomic mass is 10.1. The van der Waals surface area contributed by atoms with Crippen molar-refractivity contribution in [3.8, 4) is 0 Å². The Balaban J connectivity index is 2.73. The summed E-state index contributed by atoms with van der Waals surface area (Å²) in [6.45, 7) is 3.77. The number of methoxy groups -OCH3 is 2. The molecule has 0 aromatic carbocycles. The molecular weight excluding hydrogens is 200 g/mol. The lowest BCUT2D eigenvalue weighted by molar-refractivity contribution is 0.0175. The zero-order valence-corrected chi connectivity index (χ0v) is 9.23. The molecule has 0 aliphatic rings. The molecule has 6 nitrogen and oxygen atoms in total. The van der Waals surface area contributed by atoms with Gasteiger partial charge in [0.2, 0.25) is 5.89 Å². The fourth-order valence-corrected chi connectivity index (χ4v) is 0.931. The van der Waals surface area contributed by atoms with E-state index in [2.05, 4.69) is 14.9 Å². The smallest absolute Gasteiger partial charge is 0.396 e. The van der Waals surface area contributed by atoms with E-state index < -0.39 is 11.6 Å². The second-order valence-electron chi connectivity index (χ2n) is 3.63. The molecule has 0 spiro atoms. The summed E-state index contributed by atoms with van der Waals surface area (Å²) in [5.41, 5.74) is -0.403. The number of hydrogen-bond acceptors (Lipinski definition) is 6. The van der Waals surface area contributed by atoms with Gasteiger partial charge in [0, 0.05) is 7.11 Å². The summed E-state index contributed by atoms with van der Waals surface area (Å²) < 4.78 is 14.7. The van der Waals surface area contributed by atoms with Crippen LogP contribution >= 0.6 is 0 Å². The molecule has 0 saturated carbocycles. The van der Waals surface area contributed by atoms with Crippen LogP contribution in [0.5, 0.6) is 0 Å². The predicted octanol–water partition coefficient (Wildman–Crippen LogP) is 0.824. The number of nitrogens with zero attached hydrogens (tertiary/aromatic N) is 2. The van der Waals surface area contributed by atoms with Crippen LogP contribution in [0.4, 0.5) is 0 Å². The highest BCUT2D eigenvalue weighted by Gasteiger charge is 2.23. The Morgan fingerprint density at radius 2 is 2.07 bits per heavy atom. The largest absolute Gasteiger partial charge is 0.462 e. The van der Waals surface area contributed by atoms with Crippen LogP contribution in [-0.4, -0.2) is 36.0 Å². The van der Waals surface area contributed by atoms with Gasteiger partial charge in [-0.05, 0) is 13.8 Å². The van der Waals surface area contributed by atoms with Crippen LogP contribution in [-0.2, 0) is 15.9 Å². The normalized spacial score (nSPS) is 11.5. The Kier molecular flexibility index (Phi) is 3.41. The number of carbonyl (C=O) groups is 1. The van der Waals surface area contributed by atoms with Gasteiger partial charge in [-0.3, -0.25) is 0 Å². The molecule has 0 aliphatic carbocycles. The monoisotopic (exact) mass is 214 g/mol. The molecule has 1 aromatic heterocycles. The van der Waals surface area contributed by atoms with Gasteiger partial charge < -0.3 is 13.9 Å². The number of rotatable bonds is 4. The molecule has 0 aliphatic heterocycles. The molecule has 0 radical (unpaired) electrons. The van der Waals surface area contributed by atoms with Crippen molar-refractivity contribution in [1.29, 1.82) is 0 Å². The van der Waals surface area contributed by atoms with Gasteiger partial charge in [0.15, 0.2) is 0 Å². The number of ether oxygens (including phenoxy) is 2. The molecule has 0 bridgehead atoms. The highest BCUT2D eigenvalue weighted by Crippen LogP contribution is 2.15. The molecule has 1 heterocycles. The number of esters is 1. The summed E-state index contributed by atoms with van der Waals surface area (Å²) >= 11 is 0. The first-order valence-corrected chi connectivity index (χ1v) is 4.44. The SMILES string of the molecule is COC(=O)c1nnc(CC(C)(C)OC)o1. The van der Waals surface area contributed by atoms with Crippen LogP contribution in [0.3, 0.4) is 0 Å². The fraction of sp³-hybridized carbons (Fsp3) is 0.667. The van der Waals surface area contributed by atoms with E-state index in [0.717, 1.165) is 0 Å². The molecule has 0 unspecified atom stereocenters. The van der Waals surface area contributed by atoms with Gasteiger partial charge in [-0.15, -0.1) is 10.2 Å². The molecule has 1 rings (SSSR count). The molecule has 6 heteroatoms. The van der Waals surface area contributed by atoms with Crippen LogP contribution in [0.2, 0.25) is 0 Å². The summed E-state index contributed by atoms with van der Waals surface area (Å²) in [5, 5.41) is 7.28. The standard InChI is InChI=1S/C9H14N2O4/c1-9(2,14-4)5-6-10-11-7(15-6)8(12)13-3/h5H2,1-4H3. The maximum Gasteiger partial charge on any atom is 0.396 e. The van der Waals surface area contributed by atoms with E-state index in [9.17, 15) is 4.79 Å². The number of carbonyl (C=O) groups excluding carboxylic acids is 1. The highest BCUT2D eigenvalue weighted by molar-refractivity contribution is 5.83. The van der Waals surface area contributed by atoms with Crippen molar-refractivity contribution in [2.45, 2.75) is 25.9 Å². The van der Waals surface area contributed by atoms with Gasteiger partial charge in [0.05, 0.1) is 19.1 Å². The molecule has 0 saturated heterocycles. The first kappa shape index (κ1) is 11.6. The minimum atomic E-state index is -0.635. The van der Waals surface area contributed by atoms with Gasteiger partial charge in [0.25, 0.3) is 0 Å². The predicted molar refractivity (Wildman–Crippen MR) is 50.4 cm³/mol. The molecule has 0 fully saturated rings. The van der Waals surface area contributed by atoms with E-state index in [1.54, 1.807) is 7.11 Å². The van der Waals surface area contributed by atoms with Gasteiger partial charge in [-0.25, -0.2) is 4.79 Å². The Hall–Kier alpha value is -1.43. The Bertz CT molecular complexity index is 346. The van der Waals surface area contributed by atoms with Gasteiger partial charge in [-0.2, -0.15) is 0 Å². The van der Waals surface area contributed by atoms with Gasteiger partial charge in [-0.1, -0.05) is 0 Å². The lowest BCUT2D eigenvalue weighted by Crippen LogP contribution is -2.25. The molecule has 84 valence electrons. The second kappa shape index (κ2) is 4.39. The van der Waals surface area contributed by atoms with E-state index in [1.165, 1.54) is 7.11 Å². The molecule has 1 aromatic rings. The Morgan fingerprint density at radius 1 is 1.40 bits per heavy atom. The molecular formula is C9H14N2O4. The Labute approximate surface area is 87.6 Å². The topological polar surface area (TPSA) is 74.5 Å². The summed E-state index contributed by atoms with van der Waals surface area (Å²) in [7, 11) is 2.85. The summed E-state index contributed by atoms with van der Waals surface area (Å²) in [6, 6.07) is 0. The minimum absolute atomic E-state index is 0.139. The average molecular weight is 214 g/mol. The van der Waals surface area contributed by atoms with E-state index >= 15 is 0 Å². The highest BCUT2D eigenvalue weighted by atomic mass is 16.5. The van der Waals surface area contributed by atoms with Crippen LogP contribution in [0.1, 0.15) is 30.4 Å². The summed E-state index contributed by atoms with van der Waals surface area (Å²) in [5.74, 6) is -0.425. The van der Waals surface area contributed by atoms with Crippen molar-refractivity contribution >= 4 is 5.97 Å². The third-order valence-corrected chi connectivity index (χ3v) is 1.96. The van der Waals surface area contributed by atoms with Crippen molar-refractivity contribution < 1.29 is 18.7 Å². The Morgan fingerprint density at radius 3 is 2.60 bits per heavy atom. The van der Waals surface area contributed by atoms with Gasteiger partial charge >= 0.3 is 11.9 Å². The van der Waals surface area contributed by atoms with E-state index in [-0.39, 0.29) is 5.89 Å². The third kappa shape index (κ3) is 3.02. The summed E-state index contributed by atoms with van der Waals surface area (Å²) in [6.07, 6.45) is 0.438. The quantitative estimate of drug-likeness (QED) is 0.691. The zero-order chi connectivity index (χ0) is 11.5. The van der Waals surface area contributed by atoms with E-state index in [0.29, 0.717) is 12.3 Å². The van der Waals surface area contributed by atoms with Crippen LogP contribution in [0.25, 0.3) is 0 Å². The molecule has 0 amide bonds. The zero-order valence-electron chi connectivity index (χ0n) is 9.23. The summed E-state index contributed by atoms with van der Waals surface area (Å²) in [4.78, 5) is 11.0. The third-order valence-electron chi connectivity index (χ3n) is 1.96. The molecule has 0 N–H and O–H groups in total. The van der Waals surface area contributed by atoms with Crippen molar-refractivity contribution in [2.75, 3.05) is 14.2 Å². The van der Waals surface area contributed by atoms with Crippen molar-refractivity contribution in [1.82, 2.24) is 10.2 Å². The minimum Gasteiger partial charge on any atom is -0.462 e. The van der Waals surface area contributed by atoms with Crippen molar-refractivity contribution in [3.05, 3.63) is 11.8 Å². The maximum absolute atomic E-state index is 11.0. The van der Waals surface area contributed by atoms with Crippen LogP contribution in [0.15, 0.2) is 4.42 Å². The second-order valence-corrected chi connectivity index (χ2v) is 3.63. The average Bonchev–Trinajstić information content (AvgIpc) is 2.64. The van der Waals surface area contributed by atoms with E-state index in [1.807, 2.05) is 13.8 Å². The van der Waals surface area contributed by atoms with Crippen molar-refractivity contribution in [3.63, 3.8) is 0 Å². The van der Waals surface area contributed by atoms with Crippen molar-refractivity contribution in [2.24, 2.45) is 0 Å². The van der Waals surface area contributed by atoms with Gasteiger partial charge in [0.1, 0.15) is 0 Å². The van der Waals surface area contributed by atoms with E-state index in [4.69, 9.17) is 9.15 Å². The van der Waals surface area contributed by atoms with Crippen LogP contribution in [0, 0.1) is 0 Å².